The average Bonchev–Trinajstić information content (AvgIpc) is 2.79. The summed E-state index contributed by atoms with van der Waals surface area (Å²) in [5.74, 6) is 0.470. The van der Waals surface area contributed by atoms with E-state index in [1.54, 1.807) is 11.9 Å². The van der Waals surface area contributed by atoms with E-state index >= 15 is 0 Å². The van der Waals surface area contributed by atoms with E-state index in [4.69, 9.17) is 0 Å². The third-order valence-corrected chi connectivity index (χ3v) is 5.83. The van der Waals surface area contributed by atoms with Gasteiger partial charge in [0.05, 0.1) is 6.04 Å². The van der Waals surface area contributed by atoms with Crippen LogP contribution in [0.3, 0.4) is 0 Å². The monoisotopic (exact) mass is 407 g/mol. The van der Waals surface area contributed by atoms with Crippen molar-refractivity contribution in [2.24, 2.45) is 5.92 Å². The molecule has 5 nitrogen and oxygen atoms in total. The molecule has 30 heavy (non-hydrogen) atoms. The molecule has 2 aromatic carbocycles. The summed E-state index contributed by atoms with van der Waals surface area (Å²) < 4.78 is 0. The number of nitrogens with zero attached hydrogens (tertiary/aromatic N) is 1. The molecular formula is C25H33N3O2. The first kappa shape index (κ1) is 21.9. The predicted molar refractivity (Wildman–Crippen MR) is 120 cm³/mol. The molecule has 0 bridgehead atoms. The van der Waals surface area contributed by atoms with E-state index < -0.39 is 0 Å². The summed E-state index contributed by atoms with van der Waals surface area (Å²) in [4.78, 5) is 26.6. The minimum Gasteiger partial charge on any atom is -0.349 e. The van der Waals surface area contributed by atoms with Crippen molar-refractivity contribution in [2.45, 2.75) is 51.1 Å². The van der Waals surface area contributed by atoms with Crippen LogP contribution in [0.15, 0.2) is 60.7 Å². The maximum absolute atomic E-state index is 12.6. The lowest BCUT2D eigenvalue weighted by atomic mass is 9.81. The second-order valence-electron chi connectivity index (χ2n) is 8.18. The summed E-state index contributed by atoms with van der Waals surface area (Å²) in [6, 6.07) is 20.0. The van der Waals surface area contributed by atoms with E-state index in [0.717, 1.165) is 18.4 Å². The number of benzene rings is 2. The van der Waals surface area contributed by atoms with Gasteiger partial charge in [0.15, 0.2) is 0 Å². The van der Waals surface area contributed by atoms with Gasteiger partial charge in [0, 0.05) is 26.6 Å². The van der Waals surface area contributed by atoms with Crippen LogP contribution in [0.5, 0.6) is 0 Å². The second kappa shape index (κ2) is 11.4. The van der Waals surface area contributed by atoms with Crippen molar-refractivity contribution in [3.8, 4) is 0 Å². The van der Waals surface area contributed by atoms with Crippen molar-refractivity contribution >= 4 is 11.9 Å². The van der Waals surface area contributed by atoms with Crippen LogP contribution in [-0.4, -0.2) is 30.4 Å². The molecule has 1 aliphatic carbocycles. The van der Waals surface area contributed by atoms with Crippen LogP contribution >= 0.6 is 0 Å². The molecule has 160 valence electrons. The fourth-order valence-electron chi connectivity index (χ4n) is 4.19. The Kier molecular flexibility index (Phi) is 8.30. The zero-order valence-electron chi connectivity index (χ0n) is 17.8. The number of carbonyl (C=O) groups is 2. The van der Waals surface area contributed by atoms with Gasteiger partial charge in [0.25, 0.3) is 0 Å². The molecule has 0 spiro atoms. The van der Waals surface area contributed by atoms with E-state index in [1.807, 2.05) is 48.5 Å². The summed E-state index contributed by atoms with van der Waals surface area (Å²) in [6.45, 7) is 0.868. The van der Waals surface area contributed by atoms with Gasteiger partial charge in [-0.2, -0.15) is 0 Å². The van der Waals surface area contributed by atoms with Gasteiger partial charge >= 0.3 is 6.03 Å². The lowest BCUT2D eigenvalue weighted by Gasteiger charge is -2.31. The van der Waals surface area contributed by atoms with Gasteiger partial charge in [-0.25, -0.2) is 4.79 Å². The van der Waals surface area contributed by atoms with Crippen molar-refractivity contribution in [1.82, 2.24) is 15.5 Å². The van der Waals surface area contributed by atoms with Crippen LogP contribution in [-0.2, 0) is 11.3 Å². The molecule has 1 fully saturated rings. The number of rotatable bonds is 8. The van der Waals surface area contributed by atoms with Crippen LogP contribution in [0.1, 0.15) is 55.7 Å². The highest BCUT2D eigenvalue weighted by atomic mass is 16.2. The molecule has 3 rings (SSSR count). The first-order chi connectivity index (χ1) is 14.6. The molecule has 1 atom stereocenters. The van der Waals surface area contributed by atoms with E-state index in [2.05, 4.69) is 22.8 Å². The van der Waals surface area contributed by atoms with Crippen LogP contribution in [0.4, 0.5) is 4.79 Å². The summed E-state index contributed by atoms with van der Waals surface area (Å²) >= 11 is 0. The number of amides is 3. The van der Waals surface area contributed by atoms with E-state index in [-0.39, 0.29) is 24.4 Å². The molecule has 0 saturated heterocycles. The largest absolute Gasteiger partial charge is 0.349 e. The minimum absolute atomic E-state index is 0.0135. The van der Waals surface area contributed by atoms with Crippen molar-refractivity contribution < 1.29 is 9.59 Å². The fourth-order valence-corrected chi connectivity index (χ4v) is 4.19. The molecular weight excluding hydrogens is 374 g/mol. The first-order valence-electron chi connectivity index (χ1n) is 11.0. The Hall–Kier alpha value is -2.82. The summed E-state index contributed by atoms with van der Waals surface area (Å²) in [5, 5.41) is 6.09. The quantitative estimate of drug-likeness (QED) is 0.669. The van der Waals surface area contributed by atoms with Crippen LogP contribution in [0.2, 0.25) is 0 Å². The van der Waals surface area contributed by atoms with Gasteiger partial charge in [-0.15, -0.1) is 0 Å². The molecule has 5 heteroatoms. The van der Waals surface area contributed by atoms with Gasteiger partial charge < -0.3 is 15.5 Å². The van der Waals surface area contributed by atoms with Gasteiger partial charge in [-0.05, 0) is 29.9 Å². The standard InChI is InChI=1S/C25H33N3O2/c1-28(19-20-11-5-2-6-12-20)25(30)26-18-17-23(29)27-24(21-13-7-3-8-14-21)22-15-9-4-10-16-22/h2-3,5-8,11-14,22,24H,4,9-10,15-19H2,1H3,(H,26,30)(H,27,29). The summed E-state index contributed by atoms with van der Waals surface area (Å²) in [5.41, 5.74) is 2.25. The van der Waals surface area contributed by atoms with Crippen LogP contribution in [0, 0.1) is 5.92 Å². The number of carbonyl (C=O) groups excluding carboxylic acids is 2. The topological polar surface area (TPSA) is 61.4 Å². The third-order valence-electron chi connectivity index (χ3n) is 5.83. The zero-order valence-corrected chi connectivity index (χ0v) is 17.8. The van der Waals surface area contributed by atoms with Gasteiger partial charge in [-0.1, -0.05) is 79.9 Å². The maximum atomic E-state index is 12.6. The number of hydrogen-bond acceptors (Lipinski definition) is 2. The summed E-state index contributed by atoms with van der Waals surface area (Å²) in [7, 11) is 1.76. The van der Waals surface area contributed by atoms with Crippen molar-refractivity contribution in [1.29, 1.82) is 0 Å². The Labute approximate surface area is 179 Å². The molecule has 1 aliphatic rings. The molecule has 0 radical (unpaired) electrons. The average molecular weight is 408 g/mol. The molecule has 0 heterocycles. The second-order valence-corrected chi connectivity index (χ2v) is 8.18. The first-order valence-corrected chi connectivity index (χ1v) is 11.0. The highest BCUT2D eigenvalue weighted by Gasteiger charge is 2.26. The van der Waals surface area contributed by atoms with E-state index in [1.165, 1.54) is 24.8 Å². The smallest absolute Gasteiger partial charge is 0.317 e. The fraction of sp³-hybridized carbons (Fsp3) is 0.440. The third kappa shape index (κ3) is 6.61. The molecule has 0 aromatic heterocycles. The van der Waals surface area contributed by atoms with Crippen molar-refractivity contribution in [3.05, 3.63) is 71.8 Å². The number of hydrogen-bond donors (Lipinski definition) is 2. The Morgan fingerprint density at radius 2 is 1.60 bits per heavy atom. The minimum atomic E-state index is -0.168. The Balaban J connectivity index is 1.47. The molecule has 1 saturated carbocycles. The Morgan fingerprint density at radius 1 is 0.967 bits per heavy atom. The Morgan fingerprint density at radius 3 is 2.27 bits per heavy atom. The highest BCUT2D eigenvalue weighted by molar-refractivity contribution is 5.78. The number of nitrogens with one attached hydrogen (secondary N) is 2. The van der Waals surface area contributed by atoms with Gasteiger partial charge in [0.2, 0.25) is 5.91 Å². The SMILES string of the molecule is CN(Cc1ccccc1)C(=O)NCCC(=O)NC(c1ccccc1)C1CCCCC1. The molecule has 1 unspecified atom stereocenters. The summed E-state index contributed by atoms with van der Waals surface area (Å²) in [6.07, 6.45) is 6.33. The van der Waals surface area contributed by atoms with E-state index in [0.29, 0.717) is 19.0 Å². The lowest BCUT2D eigenvalue weighted by molar-refractivity contribution is -0.122. The normalized spacial score (nSPS) is 15.2. The van der Waals surface area contributed by atoms with Crippen molar-refractivity contribution in [2.75, 3.05) is 13.6 Å². The zero-order chi connectivity index (χ0) is 21.2. The molecule has 2 N–H and O–H groups in total. The predicted octanol–water partition coefficient (Wildman–Crippen LogP) is 4.66. The van der Waals surface area contributed by atoms with E-state index in [9.17, 15) is 9.59 Å². The van der Waals surface area contributed by atoms with Crippen LogP contribution < -0.4 is 10.6 Å². The van der Waals surface area contributed by atoms with Gasteiger partial charge in [0.1, 0.15) is 0 Å². The van der Waals surface area contributed by atoms with Gasteiger partial charge in [-0.3, -0.25) is 4.79 Å². The number of urea groups is 1. The lowest BCUT2D eigenvalue weighted by Crippen LogP contribution is -2.40. The maximum Gasteiger partial charge on any atom is 0.317 e. The highest BCUT2D eigenvalue weighted by Crippen LogP contribution is 2.34. The molecule has 0 aliphatic heterocycles. The molecule has 3 amide bonds. The Bertz CT molecular complexity index is 789. The van der Waals surface area contributed by atoms with Crippen molar-refractivity contribution in [3.63, 3.8) is 0 Å². The molecule has 2 aromatic rings. The van der Waals surface area contributed by atoms with Crippen LogP contribution in [0.25, 0.3) is 0 Å².